The Labute approximate surface area is 165 Å². The van der Waals surface area contributed by atoms with Crippen LogP contribution in [0.25, 0.3) is 21.7 Å². The number of aryl methyl sites for hydroxylation is 1. The summed E-state index contributed by atoms with van der Waals surface area (Å²) in [6, 6.07) is 18.2. The molecule has 7 heteroatoms. The maximum absolute atomic E-state index is 13.8. The number of carbonyl (C=O) groups excluding carboxylic acids is 2. The van der Waals surface area contributed by atoms with E-state index in [0.717, 1.165) is 5.39 Å². The molecule has 1 amide bonds. The van der Waals surface area contributed by atoms with Crippen molar-refractivity contribution in [3.05, 3.63) is 72.2 Å². The van der Waals surface area contributed by atoms with Crippen molar-refractivity contribution in [2.24, 2.45) is 13.0 Å². The predicted octanol–water partition coefficient (Wildman–Crippen LogP) is 3.83. The fourth-order valence-corrected chi connectivity index (χ4v) is 3.36. The number of nitriles is 1. The molecule has 4 aromatic rings. The molecule has 0 aliphatic rings. The summed E-state index contributed by atoms with van der Waals surface area (Å²) in [5, 5.41) is 18.1. The number of hydrogen-bond acceptors (Lipinski definition) is 4. The lowest BCUT2D eigenvalue weighted by Gasteiger charge is -2.08. The van der Waals surface area contributed by atoms with Crippen LogP contribution in [0.1, 0.15) is 10.5 Å². The quantitative estimate of drug-likeness (QED) is 0.427. The average molecular weight is 386 g/mol. The van der Waals surface area contributed by atoms with E-state index in [-0.39, 0.29) is 5.69 Å². The van der Waals surface area contributed by atoms with Crippen LogP contribution in [0.4, 0.5) is 10.1 Å². The Kier molecular flexibility index (Phi) is 4.53. The number of carbonyl (C=O) groups is 2. The molecular formula is C22H15FN4O2. The van der Waals surface area contributed by atoms with Crippen molar-refractivity contribution in [3.63, 3.8) is 0 Å². The molecule has 4 rings (SSSR count). The third-order valence-electron chi connectivity index (χ3n) is 4.71. The number of nitrogens with one attached hydrogen (secondary N) is 1. The van der Waals surface area contributed by atoms with Gasteiger partial charge in [-0.1, -0.05) is 30.3 Å². The number of Topliss-reactive ketones (excluding diaryl/α,β-unsaturated/α-hetero) is 1. The number of halogens is 1. The molecule has 3 aromatic carbocycles. The van der Waals surface area contributed by atoms with Gasteiger partial charge >= 0.3 is 0 Å². The summed E-state index contributed by atoms with van der Waals surface area (Å²) in [4.78, 5) is 25.5. The number of benzene rings is 3. The Morgan fingerprint density at radius 3 is 2.55 bits per heavy atom. The standard InChI is InChI=1S/C22H15FN4O2/c1-27-20-16(10-8-13-7-9-14(23)11-17(13)20)19(26-27)21(28)18(12-24)22(29)25-15-5-3-2-4-6-15/h2-11,18H,1H3,(H,25,29). The molecular weight excluding hydrogens is 371 g/mol. The molecule has 0 bridgehead atoms. The summed E-state index contributed by atoms with van der Waals surface area (Å²) in [7, 11) is 1.63. The van der Waals surface area contributed by atoms with Gasteiger partial charge in [0.15, 0.2) is 5.92 Å². The van der Waals surface area contributed by atoms with Crippen LogP contribution >= 0.6 is 0 Å². The van der Waals surface area contributed by atoms with Gasteiger partial charge < -0.3 is 5.32 Å². The molecule has 142 valence electrons. The van der Waals surface area contributed by atoms with Crippen molar-refractivity contribution in [1.29, 1.82) is 5.26 Å². The number of aromatic nitrogens is 2. The Bertz CT molecular complexity index is 1310. The maximum atomic E-state index is 13.8. The van der Waals surface area contributed by atoms with Crippen LogP contribution < -0.4 is 5.32 Å². The molecule has 1 aromatic heterocycles. The first-order valence-corrected chi connectivity index (χ1v) is 8.84. The molecule has 0 aliphatic carbocycles. The number of anilines is 1. The van der Waals surface area contributed by atoms with Gasteiger partial charge in [0.05, 0.1) is 11.6 Å². The van der Waals surface area contributed by atoms with Crippen LogP contribution in [0.15, 0.2) is 60.7 Å². The molecule has 0 saturated heterocycles. The van der Waals surface area contributed by atoms with E-state index in [1.807, 2.05) is 0 Å². The normalized spacial score (nSPS) is 11.9. The fourth-order valence-electron chi connectivity index (χ4n) is 3.36. The van der Waals surface area contributed by atoms with Crippen LogP contribution in [0.5, 0.6) is 0 Å². The zero-order valence-corrected chi connectivity index (χ0v) is 15.4. The second-order valence-electron chi connectivity index (χ2n) is 6.58. The minimum Gasteiger partial charge on any atom is -0.325 e. The molecule has 6 nitrogen and oxygen atoms in total. The van der Waals surface area contributed by atoms with Gasteiger partial charge in [-0.25, -0.2) is 4.39 Å². The van der Waals surface area contributed by atoms with Crippen molar-refractivity contribution in [3.8, 4) is 6.07 Å². The fraction of sp³-hybridized carbons (Fsp3) is 0.0909. The molecule has 1 heterocycles. The SMILES string of the molecule is Cn1nc(C(=O)C(C#N)C(=O)Nc2ccccc2)c2ccc3ccc(F)cc3c21. The van der Waals surface area contributed by atoms with Crippen LogP contribution in [-0.4, -0.2) is 21.5 Å². The molecule has 0 spiro atoms. The van der Waals surface area contributed by atoms with Gasteiger partial charge in [-0.15, -0.1) is 0 Å². The maximum Gasteiger partial charge on any atom is 0.249 e. The Hall–Kier alpha value is -4.05. The molecule has 1 unspecified atom stereocenters. The van der Waals surface area contributed by atoms with E-state index in [4.69, 9.17) is 0 Å². The number of para-hydroxylation sites is 1. The summed E-state index contributed by atoms with van der Waals surface area (Å²) in [6.45, 7) is 0. The minimum atomic E-state index is -1.56. The highest BCUT2D eigenvalue weighted by atomic mass is 19.1. The highest BCUT2D eigenvalue weighted by Crippen LogP contribution is 2.29. The minimum absolute atomic E-state index is 0.00317. The third-order valence-corrected chi connectivity index (χ3v) is 4.71. The summed E-state index contributed by atoms with van der Waals surface area (Å²) in [6.07, 6.45) is 0. The number of fused-ring (bicyclic) bond motifs is 3. The van der Waals surface area contributed by atoms with E-state index in [9.17, 15) is 19.2 Å². The van der Waals surface area contributed by atoms with Gasteiger partial charge in [-0.3, -0.25) is 14.3 Å². The third kappa shape index (κ3) is 3.21. The van der Waals surface area contributed by atoms with Crippen LogP contribution in [0.3, 0.4) is 0 Å². The second kappa shape index (κ2) is 7.17. The second-order valence-corrected chi connectivity index (χ2v) is 6.58. The Morgan fingerprint density at radius 1 is 1.10 bits per heavy atom. The van der Waals surface area contributed by atoms with E-state index in [1.165, 1.54) is 16.8 Å². The first kappa shape index (κ1) is 18.3. The lowest BCUT2D eigenvalue weighted by Crippen LogP contribution is -2.29. The topological polar surface area (TPSA) is 87.8 Å². The van der Waals surface area contributed by atoms with Crippen molar-refractivity contribution < 1.29 is 14.0 Å². The van der Waals surface area contributed by atoms with E-state index in [1.54, 1.807) is 61.6 Å². The molecule has 0 aliphatic heterocycles. The Balaban J connectivity index is 1.76. The van der Waals surface area contributed by atoms with E-state index in [2.05, 4.69) is 10.4 Å². The van der Waals surface area contributed by atoms with Crippen LogP contribution in [0, 0.1) is 23.1 Å². The molecule has 1 atom stereocenters. The van der Waals surface area contributed by atoms with Gasteiger partial charge in [0.2, 0.25) is 11.7 Å². The number of rotatable bonds is 4. The Morgan fingerprint density at radius 2 is 1.83 bits per heavy atom. The molecule has 0 fully saturated rings. The van der Waals surface area contributed by atoms with Crippen molar-refractivity contribution in [2.75, 3.05) is 5.32 Å². The highest BCUT2D eigenvalue weighted by molar-refractivity contribution is 6.21. The van der Waals surface area contributed by atoms with Crippen molar-refractivity contribution >= 4 is 39.1 Å². The van der Waals surface area contributed by atoms with Crippen LogP contribution in [-0.2, 0) is 11.8 Å². The van der Waals surface area contributed by atoms with Gasteiger partial charge in [-0.2, -0.15) is 10.4 Å². The van der Waals surface area contributed by atoms with E-state index in [0.29, 0.717) is 22.0 Å². The lowest BCUT2D eigenvalue weighted by molar-refractivity contribution is -0.117. The number of hydrogen-bond donors (Lipinski definition) is 1. The molecule has 29 heavy (non-hydrogen) atoms. The summed E-state index contributed by atoms with van der Waals surface area (Å²) < 4.78 is 15.2. The number of ketones is 1. The predicted molar refractivity (Wildman–Crippen MR) is 107 cm³/mol. The molecule has 0 saturated carbocycles. The number of nitrogens with zero attached hydrogens (tertiary/aromatic N) is 3. The van der Waals surface area contributed by atoms with E-state index < -0.39 is 23.4 Å². The first-order valence-electron chi connectivity index (χ1n) is 8.84. The highest BCUT2D eigenvalue weighted by Gasteiger charge is 2.31. The summed E-state index contributed by atoms with van der Waals surface area (Å²) in [5.41, 5.74) is 1.05. The smallest absolute Gasteiger partial charge is 0.249 e. The lowest BCUT2D eigenvalue weighted by atomic mass is 9.98. The first-order chi connectivity index (χ1) is 14.0. The summed E-state index contributed by atoms with van der Waals surface area (Å²) >= 11 is 0. The monoisotopic (exact) mass is 386 g/mol. The molecule has 0 radical (unpaired) electrons. The van der Waals surface area contributed by atoms with Gasteiger partial charge in [-0.05, 0) is 35.7 Å². The van der Waals surface area contributed by atoms with Crippen LogP contribution in [0.2, 0.25) is 0 Å². The van der Waals surface area contributed by atoms with Gasteiger partial charge in [0.1, 0.15) is 11.5 Å². The van der Waals surface area contributed by atoms with Gasteiger partial charge in [0.25, 0.3) is 0 Å². The van der Waals surface area contributed by atoms with Crippen molar-refractivity contribution in [1.82, 2.24) is 9.78 Å². The number of amides is 1. The zero-order valence-electron chi connectivity index (χ0n) is 15.4. The van der Waals surface area contributed by atoms with Gasteiger partial charge in [0, 0.05) is 23.5 Å². The largest absolute Gasteiger partial charge is 0.325 e. The average Bonchev–Trinajstić information content (AvgIpc) is 3.06. The molecule has 1 N–H and O–H groups in total. The van der Waals surface area contributed by atoms with E-state index >= 15 is 0 Å². The summed E-state index contributed by atoms with van der Waals surface area (Å²) in [5.74, 6) is -3.40. The van der Waals surface area contributed by atoms with Crippen molar-refractivity contribution in [2.45, 2.75) is 0 Å². The zero-order chi connectivity index (χ0) is 20.5.